The summed E-state index contributed by atoms with van der Waals surface area (Å²) in [6.07, 6.45) is -0.0772. The Morgan fingerprint density at radius 2 is 2.00 bits per heavy atom. The van der Waals surface area contributed by atoms with E-state index in [4.69, 9.17) is 4.74 Å². The lowest BCUT2D eigenvalue weighted by molar-refractivity contribution is -0.0957. The van der Waals surface area contributed by atoms with Gasteiger partial charge in [-0.15, -0.1) is 0 Å². The van der Waals surface area contributed by atoms with Crippen molar-refractivity contribution < 1.29 is 9.84 Å². The van der Waals surface area contributed by atoms with Gasteiger partial charge in [-0.25, -0.2) is 0 Å². The highest BCUT2D eigenvalue weighted by Gasteiger charge is 2.29. The quantitative estimate of drug-likeness (QED) is 0.882. The van der Waals surface area contributed by atoms with Crippen LogP contribution >= 0.6 is 0 Å². The molecule has 1 atom stereocenters. The van der Waals surface area contributed by atoms with E-state index in [2.05, 4.69) is 24.2 Å². The zero-order chi connectivity index (χ0) is 14.8. The maximum absolute atomic E-state index is 10.4. The first-order valence-electron chi connectivity index (χ1n) is 7.26. The van der Waals surface area contributed by atoms with Crippen molar-refractivity contribution in [1.82, 2.24) is 9.78 Å². The molecule has 0 aliphatic heterocycles. The molecule has 0 spiro atoms. The van der Waals surface area contributed by atoms with Crippen LogP contribution in [0.1, 0.15) is 33.4 Å². The predicted octanol–water partition coefficient (Wildman–Crippen LogP) is 2.77. The van der Waals surface area contributed by atoms with Gasteiger partial charge in [-0.05, 0) is 33.8 Å². The van der Waals surface area contributed by atoms with E-state index in [1.54, 1.807) is 0 Å². The van der Waals surface area contributed by atoms with E-state index in [9.17, 15) is 5.11 Å². The summed E-state index contributed by atoms with van der Waals surface area (Å²) in [6, 6.07) is 8.15. The van der Waals surface area contributed by atoms with Crippen molar-refractivity contribution in [1.29, 1.82) is 0 Å². The fourth-order valence-electron chi connectivity index (χ4n) is 2.49. The van der Waals surface area contributed by atoms with E-state index >= 15 is 0 Å². The van der Waals surface area contributed by atoms with Crippen molar-refractivity contribution in [2.24, 2.45) is 0 Å². The van der Waals surface area contributed by atoms with Crippen molar-refractivity contribution >= 4 is 10.9 Å². The predicted molar refractivity (Wildman–Crippen MR) is 80.8 cm³/mol. The fraction of sp³-hybridized carbons (Fsp3) is 0.562. The average Bonchev–Trinajstić information content (AvgIpc) is 2.77. The molecular formula is C16H24N2O2. The number of aliphatic hydroxyl groups is 1. The first kappa shape index (κ1) is 15.0. The van der Waals surface area contributed by atoms with Gasteiger partial charge in [-0.3, -0.25) is 4.68 Å². The second-order valence-corrected chi connectivity index (χ2v) is 5.54. The number of fused-ring (bicyclic) bond motifs is 1. The molecule has 1 unspecified atom stereocenters. The Balaban J connectivity index is 2.30. The highest BCUT2D eigenvalue weighted by molar-refractivity contribution is 5.82. The molecule has 4 heteroatoms. The first-order chi connectivity index (χ1) is 9.49. The number of benzene rings is 1. The van der Waals surface area contributed by atoms with Gasteiger partial charge in [-0.1, -0.05) is 18.2 Å². The molecule has 0 saturated heterocycles. The molecule has 2 rings (SSSR count). The summed E-state index contributed by atoms with van der Waals surface area (Å²) >= 11 is 0. The Labute approximate surface area is 120 Å². The Morgan fingerprint density at radius 1 is 1.30 bits per heavy atom. The molecular weight excluding hydrogens is 252 g/mol. The zero-order valence-corrected chi connectivity index (χ0v) is 12.8. The largest absolute Gasteiger partial charge is 0.390 e. The maximum atomic E-state index is 10.4. The summed E-state index contributed by atoms with van der Waals surface area (Å²) in [4.78, 5) is 0. The van der Waals surface area contributed by atoms with Gasteiger partial charge in [-0.2, -0.15) is 5.10 Å². The van der Waals surface area contributed by atoms with Crippen molar-refractivity contribution in [3.63, 3.8) is 0 Å². The number of aryl methyl sites for hydroxylation is 1. The molecule has 20 heavy (non-hydrogen) atoms. The molecule has 1 aromatic heterocycles. The number of rotatable bonds is 6. The van der Waals surface area contributed by atoms with Gasteiger partial charge in [0.1, 0.15) is 0 Å². The van der Waals surface area contributed by atoms with Crippen LogP contribution < -0.4 is 0 Å². The number of ether oxygens (including phenoxy) is 1. The summed E-state index contributed by atoms with van der Waals surface area (Å²) in [5.74, 6) is 0. The van der Waals surface area contributed by atoms with Crippen LogP contribution in [0, 0.1) is 0 Å². The fourth-order valence-corrected chi connectivity index (χ4v) is 2.49. The molecule has 0 radical (unpaired) electrons. The number of aromatic nitrogens is 2. The van der Waals surface area contributed by atoms with Crippen molar-refractivity contribution in [2.75, 3.05) is 6.61 Å². The molecule has 1 N–H and O–H groups in total. The molecule has 0 fully saturated rings. The maximum Gasteiger partial charge on any atom is 0.0887 e. The minimum absolute atomic E-state index is 0.501. The topological polar surface area (TPSA) is 47.3 Å². The summed E-state index contributed by atoms with van der Waals surface area (Å²) in [5.41, 5.74) is 1.49. The normalized spacial score (nSPS) is 13.8. The molecule has 2 aromatic rings. The summed E-state index contributed by atoms with van der Waals surface area (Å²) in [6.45, 7) is 9.26. The van der Waals surface area contributed by atoms with E-state index in [1.165, 1.54) is 0 Å². The third-order valence-corrected chi connectivity index (χ3v) is 3.74. The standard InChI is InChI=1S/C16H24N2O2/c1-5-18-14-10-8-7-9-12(14)13(17-18)11-15(19)16(3,4)20-6-2/h7-10,15,19H,5-6,11H2,1-4H3. The lowest BCUT2D eigenvalue weighted by Gasteiger charge is -2.30. The third kappa shape index (κ3) is 2.86. The van der Waals surface area contributed by atoms with Gasteiger partial charge in [0.15, 0.2) is 0 Å². The highest BCUT2D eigenvalue weighted by atomic mass is 16.5. The van der Waals surface area contributed by atoms with E-state index < -0.39 is 11.7 Å². The summed E-state index contributed by atoms with van der Waals surface area (Å²) in [7, 11) is 0. The van der Waals surface area contributed by atoms with E-state index in [0.717, 1.165) is 23.1 Å². The van der Waals surface area contributed by atoms with Crippen molar-refractivity contribution in [2.45, 2.75) is 52.4 Å². The number of aliphatic hydroxyl groups excluding tert-OH is 1. The summed E-state index contributed by atoms with van der Waals surface area (Å²) in [5, 5.41) is 16.2. The zero-order valence-electron chi connectivity index (χ0n) is 12.8. The molecule has 0 bridgehead atoms. The monoisotopic (exact) mass is 276 g/mol. The smallest absolute Gasteiger partial charge is 0.0887 e. The second-order valence-electron chi connectivity index (χ2n) is 5.54. The van der Waals surface area contributed by atoms with Crippen LogP contribution in [0.3, 0.4) is 0 Å². The molecule has 0 aliphatic rings. The van der Waals surface area contributed by atoms with Crippen molar-refractivity contribution in [3.8, 4) is 0 Å². The third-order valence-electron chi connectivity index (χ3n) is 3.74. The lowest BCUT2D eigenvalue weighted by atomic mass is 9.96. The Kier molecular flexibility index (Phi) is 4.45. The van der Waals surface area contributed by atoms with E-state index in [-0.39, 0.29) is 0 Å². The van der Waals surface area contributed by atoms with Crippen LogP contribution in [-0.2, 0) is 17.7 Å². The average molecular weight is 276 g/mol. The van der Waals surface area contributed by atoms with Gasteiger partial charge >= 0.3 is 0 Å². The Morgan fingerprint density at radius 3 is 2.65 bits per heavy atom. The van der Waals surface area contributed by atoms with E-state index in [1.807, 2.05) is 37.6 Å². The van der Waals surface area contributed by atoms with E-state index in [0.29, 0.717) is 13.0 Å². The molecule has 4 nitrogen and oxygen atoms in total. The number of hydrogen-bond donors (Lipinski definition) is 1. The van der Waals surface area contributed by atoms with Crippen LogP contribution in [0.5, 0.6) is 0 Å². The SMILES string of the molecule is CCOC(C)(C)C(O)Cc1nn(CC)c2ccccc12. The van der Waals surface area contributed by atoms with Gasteiger partial charge in [0.2, 0.25) is 0 Å². The van der Waals surface area contributed by atoms with Gasteiger partial charge in [0.05, 0.1) is 22.9 Å². The number of para-hydroxylation sites is 1. The summed E-state index contributed by atoms with van der Waals surface area (Å²) < 4.78 is 7.60. The molecule has 0 aliphatic carbocycles. The number of nitrogens with zero attached hydrogens (tertiary/aromatic N) is 2. The van der Waals surface area contributed by atoms with Gasteiger partial charge < -0.3 is 9.84 Å². The minimum Gasteiger partial charge on any atom is -0.390 e. The van der Waals surface area contributed by atoms with Crippen LogP contribution in [-0.4, -0.2) is 33.2 Å². The highest BCUT2D eigenvalue weighted by Crippen LogP contribution is 2.23. The molecule has 0 amide bonds. The molecule has 1 aromatic carbocycles. The van der Waals surface area contributed by atoms with Crippen LogP contribution in [0.4, 0.5) is 0 Å². The Bertz CT molecular complexity index is 575. The molecule has 110 valence electrons. The lowest BCUT2D eigenvalue weighted by Crippen LogP contribution is -2.40. The number of hydrogen-bond acceptors (Lipinski definition) is 3. The van der Waals surface area contributed by atoms with Gasteiger partial charge in [0, 0.05) is 25.0 Å². The Hall–Kier alpha value is -1.39. The second kappa shape index (κ2) is 5.94. The van der Waals surface area contributed by atoms with Crippen molar-refractivity contribution in [3.05, 3.63) is 30.0 Å². The van der Waals surface area contributed by atoms with Crippen LogP contribution in [0.2, 0.25) is 0 Å². The van der Waals surface area contributed by atoms with Crippen LogP contribution in [0.25, 0.3) is 10.9 Å². The minimum atomic E-state index is -0.578. The first-order valence-corrected chi connectivity index (χ1v) is 7.26. The molecule has 0 saturated carbocycles. The van der Waals surface area contributed by atoms with Gasteiger partial charge in [0.25, 0.3) is 0 Å². The van der Waals surface area contributed by atoms with Crippen LogP contribution in [0.15, 0.2) is 24.3 Å². The molecule has 1 heterocycles.